The number of ether oxygens (including phenoxy) is 1. The molecule has 1 aromatic carbocycles. The molecule has 0 spiro atoms. The van der Waals surface area contributed by atoms with Crippen molar-refractivity contribution in [2.75, 3.05) is 6.54 Å². The van der Waals surface area contributed by atoms with E-state index in [0.717, 1.165) is 12.0 Å². The highest BCUT2D eigenvalue weighted by Crippen LogP contribution is 2.08. The van der Waals surface area contributed by atoms with Crippen LogP contribution in [0.5, 0.6) is 0 Å². The van der Waals surface area contributed by atoms with E-state index in [2.05, 4.69) is 16.7 Å². The fourth-order valence-corrected chi connectivity index (χ4v) is 1.94. The minimum absolute atomic E-state index is 0.0101. The summed E-state index contributed by atoms with van der Waals surface area (Å²) in [6.45, 7) is 8.73. The minimum atomic E-state index is -0.498. The molecule has 1 atom stereocenters. The first kappa shape index (κ1) is 18.0. The van der Waals surface area contributed by atoms with Gasteiger partial charge in [0.05, 0.1) is 11.6 Å². The lowest BCUT2D eigenvalue weighted by Gasteiger charge is -2.23. The van der Waals surface area contributed by atoms with Crippen LogP contribution in [0.3, 0.4) is 0 Å². The van der Waals surface area contributed by atoms with E-state index in [-0.39, 0.29) is 6.04 Å². The van der Waals surface area contributed by atoms with Gasteiger partial charge in [-0.15, -0.1) is 0 Å². The molecule has 0 bridgehead atoms. The molecule has 0 radical (unpaired) electrons. The molecule has 0 saturated carbocycles. The molecule has 2 N–H and O–H groups in total. The van der Waals surface area contributed by atoms with Gasteiger partial charge in [0, 0.05) is 19.1 Å². The zero-order valence-electron chi connectivity index (χ0n) is 13.8. The molecule has 0 aliphatic carbocycles. The van der Waals surface area contributed by atoms with Gasteiger partial charge in [-0.2, -0.15) is 5.26 Å². The smallest absolute Gasteiger partial charge is 0.407 e. The van der Waals surface area contributed by atoms with Gasteiger partial charge in [-0.3, -0.25) is 0 Å². The van der Waals surface area contributed by atoms with Gasteiger partial charge in [-0.25, -0.2) is 4.79 Å². The van der Waals surface area contributed by atoms with Crippen LogP contribution in [0.25, 0.3) is 0 Å². The Bertz CT molecular complexity index is 529. The number of nitrogens with zero attached hydrogens (tertiary/aromatic N) is 1. The Morgan fingerprint density at radius 2 is 2.05 bits per heavy atom. The minimum Gasteiger partial charge on any atom is -0.444 e. The van der Waals surface area contributed by atoms with Gasteiger partial charge in [0.15, 0.2) is 0 Å². The molecule has 0 aliphatic heterocycles. The number of benzene rings is 1. The topological polar surface area (TPSA) is 74.2 Å². The zero-order chi connectivity index (χ0) is 16.6. The Morgan fingerprint density at radius 3 is 2.64 bits per heavy atom. The van der Waals surface area contributed by atoms with Gasteiger partial charge in [0.25, 0.3) is 0 Å². The first-order chi connectivity index (χ1) is 10.4. The van der Waals surface area contributed by atoms with E-state index in [4.69, 9.17) is 10.00 Å². The van der Waals surface area contributed by atoms with Crippen LogP contribution in [0.1, 0.15) is 45.2 Å². The highest BCUT2D eigenvalue weighted by atomic mass is 16.6. The molecule has 0 heterocycles. The molecule has 120 valence electrons. The summed E-state index contributed by atoms with van der Waals surface area (Å²) >= 11 is 0. The maximum Gasteiger partial charge on any atom is 0.407 e. The zero-order valence-corrected chi connectivity index (χ0v) is 13.8. The molecule has 1 unspecified atom stereocenters. The number of nitriles is 1. The number of carbonyl (C=O) groups is 1. The molecule has 1 aromatic rings. The summed E-state index contributed by atoms with van der Waals surface area (Å²) in [6.07, 6.45) is 0.394. The molecular formula is C17H25N3O2. The van der Waals surface area contributed by atoms with Crippen molar-refractivity contribution in [3.8, 4) is 6.07 Å². The van der Waals surface area contributed by atoms with Crippen molar-refractivity contribution >= 4 is 6.09 Å². The van der Waals surface area contributed by atoms with Crippen LogP contribution in [0, 0.1) is 11.3 Å². The van der Waals surface area contributed by atoms with Gasteiger partial charge in [-0.05, 0) is 38.8 Å². The van der Waals surface area contributed by atoms with E-state index in [1.54, 1.807) is 6.07 Å². The highest BCUT2D eigenvalue weighted by Gasteiger charge is 2.18. The third-order valence-corrected chi connectivity index (χ3v) is 3.06. The average molecular weight is 303 g/mol. The quantitative estimate of drug-likeness (QED) is 0.847. The van der Waals surface area contributed by atoms with E-state index in [0.29, 0.717) is 18.7 Å². The van der Waals surface area contributed by atoms with Crippen molar-refractivity contribution < 1.29 is 9.53 Å². The molecule has 0 saturated heterocycles. The molecule has 5 heteroatoms. The summed E-state index contributed by atoms with van der Waals surface area (Å²) in [5.74, 6) is 0. The van der Waals surface area contributed by atoms with E-state index in [1.165, 1.54) is 0 Å². The summed E-state index contributed by atoms with van der Waals surface area (Å²) in [5.41, 5.74) is 1.13. The second-order valence-electron chi connectivity index (χ2n) is 6.15. The molecule has 0 aromatic heterocycles. The second-order valence-corrected chi connectivity index (χ2v) is 6.15. The fraction of sp³-hybridized carbons (Fsp3) is 0.529. The number of alkyl carbamates (subject to hydrolysis) is 1. The first-order valence-corrected chi connectivity index (χ1v) is 7.54. The molecule has 1 amide bonds. The van der Waals surface area contributed by atoms with E-state index in [1.807, 2.05) is 45.9 Å². The Hall–Kier alpha value is -2.06. The van der Waals surface area contributed by atoms with Gasteiger partial charge in [0.2, 0.25) is 0 Å². The Balaban J connectivity index is 2.44. The maximum absolute atomic E-state index is 11.8. The van der Waals surface area contributed by atoms with E-state index < -0.39 is 11.7 Å². The van der Waals surface area contributed by atoms with Gasteiger partial charge >= 0.3 is 6.09 Å². The van der Waals surface area contributed by atoms with Crippen LogP contribution < -0.4 is 10.6 Å². The summed E-state index contributed by atoms with van der Waals surface area (Å²) in [4.78, 5) is 11.8. The monoisotopic (exact) mass is 303 g/mol. The van der Waals surface area contributed by atoms with Crippen molar-refractivity contribution in [3.63, 3.8) is 0 Å². The third kappa shape index (κ3) is 6.59. The molecule has 0 aliphatic rings. The summed E-state index contributed by atoms with van der Waals surface area (Å²) in [6, 6.07) is 9.65. The Morgan fingerprint density at radius 1 is 1.36 bits per heavy atom. The second kappa shape index (κ2) is 8.40. The largest absolute Gasteiger partial charge is 0.444 e. The molecule has 1 rings (SSSR count). The van der Waals surface area contributed by atoms with E-state index in [9.17, 15) is 4.79 Å². The number of hydrogen-bond donors (Lipinski definition) is 2. The molecule has 0 fully saturated rings. The SMILES string of the molecule is CCC(CNCc1ccccc1C#N)NC(=O)OC(C)(C)C. The molecule has 5 nitrogen and oxygen atoms in total. The van der Waals surface area contributed by atoms with Gasteiger partial charge < -0.3 is 15.4 Å². The lowest BCUT2D eigenvalue weighted by molar-refractivity contribution is 0.0502. The summed E-state index contributed by atoms with van der Waals surface area (Å²) in [7, 11) is 0. The Labute approximate surface area is 132 Å². The van der Waals surface area contributed by atoms with Crippen molar-refractivity contribution in [3.05, 3.63) is 35.4 Å². The van der Waals surface area contributed by atoms with Gasteiger partial charge in [0.1, 0.15) is 5.60 Å². The molecular weight excluding hydrogens is 278 g/mol. The van der Waals surface area contributed by atoms with Crippen LogP contribution in [0.2, 0.25) is 0 Å². The van der Waals surface area contributed by atoms with Gasteiger partial charge in [-0.1, -0.05) is 25.1 Å². The average Bonchev–Trinajstić information content (AvgIpc) is 2.44. The highest BCUT2D eigenvalue weighted by molar-refractivity contribution is 5.68. The lowest BCUT2D eigenvalue weighted by atomic mass is 10.1. The van der Waals surface area contributed by atoms with Crippen molar-refractivity contribution in [1.29, 1.82) is 5.26 Å². The van der Waals surface area contributed by atoms with Crippen LogP contribution >= 0.6 is 0 Å². The van der Waals surface area contributed by atoms with Crippen LogP contribution in [0.15, 0.2) is 24.3 Å². The number of rotatable bonds is 6. The van der Waals surface area contributed by atoms with Crippen LogP contribution in [-0.4, -0.2) is 24.3 Å². The third-order valence-electron chi connectivity index (χ3n) is 3.06. The first-order valence-electron chi connectivity index (χ1n) is 7.54. The van der Waals surface area contributed by atoms with E-state index >= 15 is 0 Å². The van der Waals surface area contributed by atoms with Crippen LogP contribution in [0.4, 0.5) is 4.79 Å². The van der Waals surface area contributed by atoms with Crippen molar-refractivity contribution in [1.82, 2.24) is 10.6 Å². The number of hydrogen-bond acceptors (Lipinski definition) is 4. The Kier molecular flexibility index (Phi) is 6.87. The predicted molar refractivity (Wildman–Crippen MR) is 86.3 cm³/mol. The number of nitrogens with one attached hydrogen (secondary N) is 2. The maximum atomic E-state index is 11.8. The standard InChI is InChI=1S/C17H25N3O2/c1-5-15(20-16(21)22-17(2,3)4)12-19-11-14-9-7-6-8-13(14)10-18/h6-9,15,19H,5,11-12H2,1-4H3,(H,20,21). The predicted octanol–water partition coefficient (Wildman–Crippen LogP) is 2.95. The van der Waals surface area contributed by atoms with Crippen LogP contribution in [-0.2, 0) is 11.3 Å². The fourth-order valence-electron chi connectivity index (χ4n) is 1.94. The molecule has 22 heavy (non-hydrogen) atoms. The normalized spacial score (nSPS) is 12.3. The number of carbonyl (C=O) groups excluding carboxylic acids is 1. The summed E-state index contributed by atoms with van der Waals surface area (Å²) < 4.78 is 5.25. The summed E-state index contributed by atoms with van der Waals surface area (Å²) in [5, 5.41) is 15.2. The number of amides is 1. The lowest BCUT2D eigenvalue weighted by Crippen LogP contribution is -2.43. The van der Waals surface area contributed by atoms with Crippen molar-refractivity contribution in [2.45, 2.75) is 52.3 Å². The van der Waals surface area contributed by atoms with Crippen molar-refractivity contribution in [2.24, 2.45) is 0 Å².